The van der Waals surface area contributed by atoms with Crippen LogP contribution in [0.2, 0.25) is 0 Å². The molecule has 2 aromatic carbocycles. The Morgan fingerprint density at radius 3 is 2.70 bits per heavy atom. The smallest absolute Gasteiger partial charge is 0.230 e. The summed E-state index contributed by atoms with van der Waals surface area (Å²) in [4.78, 5) is 13.8. The highest BCUT2D eigenvalue weighted by molar-refractivity contribution is 7.99. The average Bonchev–Trinajstić information content (AvgIpc) is 3.53. The van der Waals surface area contributed by atoms with E-state index in [2.05, 4.69) is 15.5 Å². The van der Waals surface area contributed by atoms with Crippen LogP contribution in [0, 0.1) is 0 Å². The lowest BCUT2D eigenvalue weighted by molar-refractivity contribution is -0.119. The molecule has 0 bridgehead atoms. The third-order valence-electron chi connectivity index (χ3n) is 5.17. The van der Waals surface area contributed by atoms with E-state index in [0.29, 0.717) is 24.1 Å². The van der Waals surface area contributed by atoms with Crippen LogP contribution in [0.4, 0.5) is 0 Å². The molecule has 0 spiro atoms. The largest absolute Gasteiger partial charge is 0.486 e. The second-order valence-electron chi connectivity index (χ2n) is 7.44. The number of thioether (sulfide) groups is 1. The summed E-state index contributed by atoms with van der Waals surface area (Å²) < 4.78 is 13.2. The SMILES string of the molecule is C[C@@H](NC(=O)CSc1nnc(-c2cccs2)n1-c1ccccc1)c1ccc2c(c1)OCCO2. The second kappa shape index (κ2) is 9.68. The Labute approximate surface area is 199 Å². The molecular weight excluding hydrogens is 456 g/mol. The van der Waals surface area contributed by atoms with Gasteiger partial charge in [0.05, 0.1) is 16.7 Å². The lowest BCUT2D eigenvalue weighted by atomic mass is 10.1. The molecule has 0 radical (unpaired) electrons. The van der Waals surface area contributed by atoms with E-state index in [1.54, 1.807) is 11.3 Å². The van der Waals surface area contributed by atoms with Crippen LogP contribution < -0.4 is 14.8 Å². The number of rotatable bonds is 7. The number of benzene rings is 2. The van der Waals surface area contributed by atoms with E-state index in [1.807, 2.05) is 77.5 Å². The van der Waals surface area contributed by atoms with Crippen LogP contribution in [0.3, 0.4) is 0 Å². The van der Waals surface area contributed by atoms with Gasteiger partial charge in [0.1, 0.15) is 13.2 Å². The molecule has 0 unspecified atom stereocenters. The molecule has 0 saturated carbocycles. The van der Waals surface area contributed by atoms with Gasteiger partial charge in [0, 0.05) is 5.69 Å². The molecule has 3 heterocycles. The molecule has 168 valence electrons. The topological polar surface area (TPSA) is 78.3 Å². The minimum Gasteiger partial charge on any atom is -0.486 e. The zero-order valence-corrected chi connectivity index (χ0v) is 19.6. The molecule has 0 fully saturated rings. The van der Waals surface area contributed by atoms with Crippen molar-refractivity contribution in [1.82, 2.24) is 20.1 Å². The first-order valence-corrected chi connectivity index (χ1v) is 12.4. The third kappa shape index (κ3) is 4.74. The van der Waals surface area contributed by atoms with Gasteiger partial charge < -0.3 is 14.8 Å². The van der Waals surface area contributed by atoms with Gasteiger partial charge in [0.2, 0.25) is 5.91 Å². The van der Waals surface area contributed by atoms with Crippen molar-refractivity contribution in [2.75, 3.05) is 19.0 Å². The van der Waals surface area contributed by atoms with Crippen molar-refractivity contribution in [3.05, 3.63) is 71.6 Å². The second-order valence-corrected chi connectivity index (χ2v) is 9.33. The van der Waals surface area contributed by atoms with E-state index < -0.39 is 0 Å². The fourth-order valence-electron chi connectivity index (χ4n) is 3.56. The van der Waals surface area contributed by atoms with Gasteiger partial charge in [0.25, 0.3) is 0 Å². The van der Waals surface area contributed by atoms with Crippen molar-refractivity contribution < 1.29 is 14.3 Å². The molecule has 2 aromatic heterocycles. The highest BCUT2D eigenvalue weighted by Gasteiger charge is 2.19. The molecule has 7 nitrogen and oxygen atoms in total. The number of aromatic nitrogens is 3. The van der Waals surface area contributed by atoms with Crippen LogP contribution in [0.25, 0.3) is 16.4 Å². The van der Waals surface area contributed by atoms with Crippen LogP contribution in [0.5, 0.6) is 11.5 Å². The van der Waals surface area contributed by atoms with Gasteiger partial charge in [-0.3, -0.25) is 9.36 Å². The Balaban J connectivity index is 1.29. The molecule has 1 amide bonds. The van der Waals surface area contributed by atoms with Crippen LogP contribution >= 0.6 is 23.1 Å². The molecule has 1 atom stereocenters. The van der Waals surface area contributed by atoms with Crippen molar-refractivity contribution in [3.63, 3.8) is 0 Å². The first kappa shape index (κ1) is 21.5. The quantitative estimate of drug-likeness (QED) is 0.387. The summed E-state index contributed by atoms with van der Waals surface area (Å²) in [5, 5.41) is 14.5. The van der Waals surface area contributed by atoms with Gasteiger partial charge >= 0.3 is 0 Å². The van der Waals surface area contributed by atoms with Crippen molar-refractivity contribution in [3.8, 4) is 27.9 Å². The number of amides is 1. The zero-order valence-electron chi connectivity index (χ0n) is 17.9. The molecule has 4 aromatic rings. The number of nitrogens with one attached hydrogen (secondary N) is 1. The highest BCUT2D eigenvalue weighted by atomic mass is 32.2. The minimum atomic E-state index is -0.164. The number of carbonyl (C=O) groups is 1. The molecule has 0 saturated heterocycles. The van der Waals surface area contributed by atoms with E-state index in [0.717, 1.165) is 27.7 Å². The average molecular weight is 479 g/mol. The van der Waals surface area contributed by atoms with Crippen LogP contribution in [-0.4, -0.2) is 39.6 Å². The number of fused-ring (bicyclic) bond motifs is 1. The van der Waals surface area contributed by atoms with Crippen molar-refractivity contribution in [1.29, 1.82) is 0 Å². The van der Waals surface area contributed by atoms with E-state index >= 15 is 0 Å². The Kier molecular flexibility index (Phi) is 6.32. The summed E-state index contributed by atoms with van der Waals surface area (Å²) in [6, 6.07) is 19.5. The maximum Gasteiger partial charge on any atom is 0.230 e. The molecule has 5 rings (SSSR count). The number of hydrogen-bond acceptors (Lipinski definition) is 7. The number of carbonyl (C=O) groups excluding carboxylic acids is 1. The fourth-order valence-corrected chi connectivity index (χ4v) is 5.03. The maximum atomic E-state index is 12.7. The van der Waals surface area contributed by atoms with Crippen LogP contribution in [0.15, 0.2) is 71.2 Å². The monoisotopic (exact) mass is 478 g/mol. The minimum absolute atomic E-state index is 0.0809. The van der Waals surface area contributed by atoms with Gasteiger partial charge in [0.15, 0.2) is 22.5 Å². The van der Waals surface area contributed by atoms with Gasteiger partial charge in [-0.05, 0) is 48.2 Å². The van der Waals surface area contributed by atoms with E-state index in [1.165, 1.54) is 11.8 Å². The van der Waals surface area contributed by atoms with E-state index in [9.17, 15) is 4.79 Å². The lowest BCUT2D eigenvalue weighted by Crippen LogP contribution is -2.28. The molecule has 1 N–H and O–H groups in total. The normalized spacial score (nSPS) is 13.5. The molecular formula is C24H22N4O3S2. The van der Waals surface area contributed by atoms with Gasteiger partial charge in [-0.25, -0.2) is 0 Å². The Morgan fingerprint density at radius 2 is 1.91 bits per heavy atom. The number of hydrogen-bond donors (Lipinski definition) is 1. The maximum absolute atomic E-state index is 12.7. The van der Waals surface area contributed by atoms with Gasteiger partial charge in [-0.1, -0.05) is 42.1 Å². The molecule has 1 aliphatic rings. The predicted octanol–water partition coefficient (Wildman–Crippen LogP) is 4.74. The summed E-state index contributed by atoms with van der Waals surface area (Å²) in [5.74, 6) is 2.36. The first-order chi connectivity index (χ1) is 16.2. The molecule has 1 aliphatic heterocycles. The lowest BCUT2D eigenvalue weighted by Gasteiger charge is -2.21. The number of thiophene rings is 1. The highest BCUT2D eigenvalue weighted by Crippen LogP contribution is 2.33. The summed E-state index contributed by atoms with van der Waals surface area (Å²) >= 11 is 2.97. The first-order valence-electron chi connectivity index (χ1n) is 10.6. The Bertz CT molecular complexity index is 1240. The predicted molar refractivity (Wildman–Crippen MR) is 129 cm³/mol. The fraction of sp³-hybridized carbons (Fsp3) is 0.208. The standard InChI is InChI=1S/C24H22N4O3S2/c1-16(17-9-10-19-20(14-17)31-12-11-30-19)25-22(29)15-33-24-27-26-23(21-8-5-13-32-21)28(24)18-6-3-2-4-7-18/h2-10,13-14,16H,11-12,15H2,1H3,(H,25,29)/t16-/m1/s1. The van der Waals surface area contributed by atoms with Gasteiger partial charge in [-0.15, -0.1) is 21.5 Å². The van der Waals surface area contributed by atoms with E-state index in [-0.39, 0.29) is 17.7 Å². The summed E-state index contributed by atoms with van der Waals surface area (Å²) in [6.07, 6.45) is 0. The summed E-state index contributed by atoms with van der Waals surface area (Å²) in [5.41, 5.74) is 1.92. The van der Waals surface area contributed by atoms with Crippen LogP contribution in [0.1, 0.15) is 18.5 Å². The Hall–Kier alpha value is -3.30. The third-order valence-corrected chi connectivity index (χ3v) is 6.96. The number of ether oxygens (including phenoxy) is 2. The number of nitrogens with zero attached hydrogens (tertiary/aromatic N) is 3. The zero-order chi connectivity index (χ0) is 22.6. The molecule has 0 aliphatic carbocycles. The van der Waals surface area contributed by atoms with Crippen molar-refractivity contribution in [2.24, 2.45) is 0 Å². The summed E-state index contributed by atoms with van der Waals surface area (Å²) in [7, 11) is 0. The Morgan fingerprint density at radius 1 is 1.09 bits per heavy atom. The molecule has 9 heteroatoms. The van der Waals surface area contributed by atoms with Crippen LogP contribution in [-0.2, 0) is 4.79 Å². The summed E-state index contributed by atoms with van der Waals surface area (Å²) in [6.45, 7) is 3.04. The van der Waals surface area contributed by atoms with Gasteiger partial charge in [-0.2, -0.15) is 0 Å². The van der Waals surface area contributed by atoms with E-state index in [4.69, 9.17) is 9.47 Å². The van der Waals surface area contributed by atoms with Crippen molar-refractivity contribution >= 4 is 29.0 Å². The molecule has 33 heavy (non-hydrogen) atoms. The number of para-hydroxylation sites is 1. The van der Waals surface area contributed by atoms with Crippen molar-refractivity contribution in [2.45, 2.75) is 18.1 Å².